The van der Waals surface area contributed by atoms with Gasteiger partial charge in [0.1, 0.15) is 5.82 Å². The summed E-state index contributed by atoms with van der Waals surface area (Å²) in [4.78, 5) is 14.5. The van der Waals surface area contributed by atoms with Gasteiger partial charge in [0.15, 0.2) is 0 Å². The average molecular weight is 333 g/mol. The molecular weight excluding hydrogens is 305 g/mol. The van der Waals surface area contributed by atoms with Gasteiger partial charge in [0, 0.05) is 6.04 Å². The number of benzene rings is 1. The molecule has 0 spiro atoms. The fraction of sp³-hybridized carbons (Fsp3) is 0.650. The summed E-state index contributed by atoms with van der Waals surface area (Å²) in [6, 6.07) is 7.57. The van der Waals surface area contributed by atoms with Crippen LogP contribution in [-0.4, -0.2) is 36.6 Å². The second-order valence-electron chi connectivity index (χ2n) is 7.07. The number of esters is 1. The van der Waals surface area contributed by atoms with Crippen molar-refractivity contribution in [2.24, 2.45) is 5.92 Å². The number of rotatable bonds is 4. The zero-order valence-electron chi connectivity index (χ0n) is 14.5. The highest BCUT2D eigenvalue weighted by Crippen LogP contribution is 2.37. The van der Waals surface area contributed by atoms with Gasteiger partial charge >= 0.3 is 5.97 Å². The molecule has 1 heterocycles. The minimum Gasteiger partial charge on any atom is -0.466 e. The SMILES string of the molecule is CCOC(=O)C1CCN([C@@H]2CCCC[C@@H]2c2ccc(F)cc2)CC1. The zero-order valence-corrected chi connectivity index (χ0v) is 14.5. The summed E-state index contributed by atoms with van der Waals surface area (Å²) in [5.41, 5.74) is 1.26. The monoisotopic (exact) mass is 333 g/mol. The molecule has 4 heteroatoms. The molecule has 2 aliphatic rings. The van der Waals surface area contributed by atoms with E-state index in [-0.39, 0.29) is 17.7 Å². The molecule has 1 aromatic rings. The number of ether oxygens (including phenoxy) is 1. The molecule has 3 nitrogen and oxygen atoms in total. The summed E-state index contributed by atoms with van der Waals surface area (Å²) in [5.74, 6) is 0.352. The highest BCUT2D eigenvalue weighted by molar-refractivity contribution is 5.72. The largest absolute Gasteiger partial charge is 0.466 e. The van der Waals surface area contributed by atoms with E-state index in [9.17, 15) is 9.18 Å². The van der Waals surface area contributed by atoms with Gasteiger partial charge in [-0.15, -0.1) is 0 Å². The van der Waals surface area contributed by atoms with Gasteiger partial charge in [0.05, 0.1) is 12.5 Å². The number of carbonyl (C=O) groups excluding carboxylic acids is 1. The number of likely N-dealkylation sites (tertiary alicyclic amines) is 1. The van der Waals surface area contributed by atoms with Crippen LogP contribution in [0.3, 0.4) is 0 Å². The molecule has 0 radical (unpaired) electrons. The first-order valence-corrected chi connectivity index (χ1v) is 9.35. The zero-order chi connectivity index (χ0) is 16.9. The maximum Gasteiger partial charge on any atom is 0.309 e. The molecule has 2 atom stereocenters. The lowest BCUT2D eigenvalue weighted by Gasteiger charge is -2.43. The van der Waals surface area contributed by atoms with E-state index in [4.69, 9.17) is 4.74 Å². The molecule has 1 aliphatic carbocycles. The Bertz CT molecular complexity index is 537. The summed E-state index contributed by atoms with van der Waals surface area (Å²) in [5, 5.41) is 0. The molecule has 1 aliphatic heterocycles. The molecule has 2 fully saturated rings. The van der Waals surface area contributed by atoms with E-state index in [2.05, 4.69) is 4.90 Å². The first-order chi connectivity index (χ1) is 11.7. The molecule has 0 amide bonds. The molecule has 0 aromatic heterocycles. The highest BCUT2D eigenvalue weighted by atomic mass is 19.1. The summed E-state index contributed by atoms with van der Waals surface area (Å²) in [6.45, 7) is 4.26. The predicted molar refractivity (Wildman–Crippen MR) is 92.3 cm³/mol. The predicted octanol–water partition coefficient (Wildman–Crippen LogP) is 4.13. The van der Waals surface area contributed by atoms with E-state index in [1.54, 1.807) is 12.1 Å². The van der Waals surface area contributed by atoms with Crippen LogP contribution in [0.5, 0.6) is 0 Å². The first-order valence-electron chi connectivity index (χ1n) is 9.35. The Kier molecular flexibility index (Phi) is 5.88. The van der Waals surface area contributed by atoms with Crippen LogP contribution in [0.25, 0.3) is 0 Å². The molecule has 0 N–H and O–H groups in total. The Balaban J connectivity index is 1.64. The molecule has 0 bridgehead atoms. The van der Waals surface area contributed by atoms with Gasteiger partial charge < -0.3 is 4.74 Å². The third-order valence-corrected chi connectivity index (χ3v) is 5.65. The van der Waals surface area contributed by atoms with E-state index in [1.807, 2.05) is 19.1 Å². The van der Waals surface area contributed by atoms with Crippen molar-refractivity contribution in [3.8, 4) is 0 Å². The fourth-order valence-corrected chi connectivity index (χ4v) is 4.37. The lowest BCUT2D eigenvalue weighted by atomic mass is 9.78. The van der Waals surface area contributed by atoms with Crippen molar-refractivity contribution in [2.45, 2.75) is 57.4 Å². The first kappa shape index (κ1) is 17.4. The molecule has 0 unspecified atom stereocenters. The summed E-state index contributed by atoms with van der Waals surface area (Å²) >= 11 is 0. The summed E-state index contributed by atoms with van der Waals surface area (Å²) in [6.07, 6.45) is 6.68. The highest BCUT2D eigenvalue weighted by Gasteiger charge is 2.35. The van der Waals surface area contributed by atoms with Crippen LogP contribution >= 0.6 is 0 Å². The minimum atomic E-state index is -0.165. The third kappa shape index (κ3) is 3.97. The van der Waals surface area contributed by atoms with E-state index >= 15 is 0 Å². The number of nitrogens with zero attached hydrogens (tertiary/aromatic N) is 1. The second-order valence-corrected chi connectivity index (χ2v) is 7.07. The molecule has 3 rings (SSSR count). The number of hydrogen-bond donors (Lipinski definition) is 0. The van der Waals surface area contributed by atoms with Gasteiger partial charge in [0.25, 0.3) is 0 Å². The number of piperidine rings is 1. The number of halogens is 1. The van der Waals surface area contributed by atoms with Gasteiger partial charge in [-0.25, -0.2) is 4.39 Å². The Hall–Kier alpha value is -1.42. The van der Waals surface area contributed by atoms with Crippen LogP contribution < -0.4 is 0 Å². The topological polar surface area (TPSA) is 29.5 Å². The Labute approximate surface area is 144 Å². The molecule has 1 saturated heterocycles. The van der Waals surface area contributed by atoms with E-state index in [0.29, 0.717) is 18.6 Å². The third-order valence-electron chi connectivity index (χ3n) is 5.65. The van der Waals surface area contributed by atoms with Crippen molar-refractivity contribution in [3.63, 3.8) is 0 Å². The summed E-state index contributed by atoms with van der Waals surface area (Å²) < 4.78 is 18.4. The van der Waals surface area contributed by atoms with E-state index in [0.717, 1.165) is 25.9 Å². The lowest BCUT2D eigenvalue weighted by Crippen LogP contribution is -2.46. The van der Waals surface area contributed by atoms with Crippen molar-refractivity contribution in [1.29, 1.82) is 0 Å². The van der Waals surface area contributed by atoms with Crippen LogP contribution in [-0.2, 0) is 9.53 Å². The van der Waals surface area contributed by atoms with Crippen molar-refractivity contribution in [1.82, 2.24) is 4.90 Å². The van der Waals surface area contributed by atoms with E-state index < -0.39 is 0 Å². The van der Waals surface area contributed by atoms with E-state index in [1.165, 1.54) is 31.2 Å². The van der Waals surface area contributed by atoms with Gasteiger partial charge in [-0.3, -0.25) is 9.69 Å². The standard InChI is InChI=1S/C20H28FNO2/c1-2-24-20(23)16-11-13-22(14-12-16)19-6-4-3-5-18(19)15-7-9-17(21)10-8-15/h7-10,16,18-19H,2-6,11-14H2,1H3/t18-,19-/m1/s1. The number of carbonyl (C=O) groups is 1. The quantitative estimate of drug-likeness (QED) is 0.776. The van der Waals surface area contributed by atoms with Crippen molar-refractivity contribution < 1.29 is 13.9 Å². The van der Waals surface area contributed by atoms with Crippen LogP contribution in [0.1, 0.15) is 56.9 Å². The van der Waals surface area contributed by atoms with Crippen LogP contribution in [0, 0.1) is 11.7 Å². The fourth-order valence-electron chi connectivity index (χ4n) is 4.37. The van der Waals surface area contributed by atoms with Crippen LogP contribution in [0.2, 0.25) is 0 Å². The molecule has 1 saturated carbocycles. The van der Waals surface area contributed by atoms with Crippen LogP contribution in [0.4, 0.5) is 4.39 Å². The van der Waals surface area contributed by atoms with Crippen LogP contribution in [0.15, 0.2) is 24.3 Å². The number of hydrogen-bond acceptors (Lipinski definition) is 3. The van der Waals surface area contributed by atoms with Gasteiger partial charge in [-0.2, -0.15) is 0 Å². The molecule has 24 heavy (non-hydrogen) atoms. The van der Waals surface area contributed by atoms with Gasteiger partial charge in [-0.1, -0.05) is 25.0 Å². The lowest BCUT2D eigenvalue weighted by molar-refractivity contribution is -0.149. The Morgan fingerprint density at radius 2 is 1.79 bits per heavy atom. The maximum atomic E-state index is 13.2. The molecule has 1 aromatic carbocycles. The average Bonchev–Trinajstić information content (AvgIpc) is 2.63. The molecule has 132 valence electrons. The molecular formula is C20H28FNO2. The smallest absolute Gasteiger partial charge is 0.309 e. The van der Waals surface area contributed by atoms with Crippen molar-refractivity contribution in [2.75, 3.05) is 19.7 Å². The maximum absolute atomic E-state index is 13.2. The van der Waals surface area contributed by atoms with Gasteiger partial charge in [-0.05, 0) is 69.3 Å². The summed E-state index contributed by atoms with van der Waals surface area (Å²) in [7, 11) is 0. The minimum absolute atomic E-state index is 0.0316. The Morgan fingerprint density at radius 1 is 1.12 bits per heavy atom. The second kappa shape index (κ2) is 8.11. The Morgan fingerprint density at radius 3 is 2.46 bits per heavy atom. The van der Waals surface area contributed by atoms with Gasteiger partial charge in [0.2, 0.25) is 0 Å². The van der Waals surface area contributed by atoms with Crippen molar-refractivity contribution in [3.05, 3.63) is 35.6 Å². The van der Waals surface area contributed by atoms with Crippen molar-refractivity contribution >= 4 is 5.97 Å². The normalized spacial score (nSPS) is 26.2.